The molecule has 0 aromatic carbocycles. The Morgan fingerprint density at radius 1 is 1.29 bits per heavy atom. The Bertz CT molecular complexity index is 563. The SMILES string of the molecule is CCC(CC)n1ccc(CC(NC)c2ncccc2Br)n1. The lowest BCUT2D eigenvalue weighted by molar-refractivity contribution is 0.423. The van der Waals surface area contributed by atoms with Gasteiger partial charge in [0.2, 0.25) is 0 Å². The molecule has 0 radical (unpaired) electrons. The Balaban J connectivity index is 2.14. The van der Waals surface area contributed by atoms with Gasteiger partial charge in [-0.15, -0.1) is 0 Å². The van der Waals surface area contributed by atoms with Crippen LogP contribution < -0.4 is 5.32 Å². The summed E-state index contributed by atoms with van der Waals surface area (Å²) in [5, 5.41) is 8.06. The summed E-state index contributed by atoms with van der Waals surface area (Å²) in [6.07, 6.45) is 6.97. The van der Waals surface area contributed by atoms with Gasteiger partial charge >= 0.3 is 0 Å². The molecular weight excluding hydrogens is 328 g/mol. The van der Waals surface area contributed by atoms with Crippen LogP contribution in [0.2, 0.25) is 0 Å². The largest absolute Gasteiger partial charge is 0.311 e. The smallest absolute Gasteiger partial charge is 0.0718 e. The second kappa shape index (κ2) is 7.71. The fraction of sp³-hybridized carbons (Fsp3) is 0.500. The molecule has 5 heteroatoms. The molecule has 0 aliphatic carbocycles. The number of likely N-dealkylation sites (N-methyl/N-ethyl adjacent to an activating group) is 1. The summed E-state index contributed by atoms with van der Waals surface area (Å²) in [7, 11) is 1.96. The van der Waals surface area contributed by atoms with E-state index in [-0.39, 0.29) is 6.04 Å². The Labute approximate surface area is 135 Å². The van der Waals surface area contributed by atoms with E-state index in [4.69, 9.17) is 5.10 Å². The Kier molecular flexibility index (Phi) is 5.94. The van der Waals surface area contributed by atoms with Crippen molar-refractivity contribution < 1.29 is 0 Å². The third-order valence-corrected chi connectivity index (χ3v) is 4.53. The highest BCUT2D eigenvalue weighted by atomic mass is 79.9. The van der Waals surface area contributed by atoms with Crippen LogP contribution in [0.15, 0.2) is 35.1 Å². The highest BCUT2D eigenvalue weighted by molar-refractivity contribution is 9.10. The molecule has 0 saturated heterocycles. The number of aromatic nitrogens is 3. The van der Waals surface area contributed by atoms with Crippen molar-refractivity contribution >= 4 is 15.9 Å². The van der Waals surface area contributed by atoms with Crippen LogP contribution in [0.3, 0.4) is 0 Å². The fourth-order valence-corrected chi connectivity index (χ4v) is 3.08. The van der Waals surface area contributed by atoms with Gasteiger partial charge in [0, 0.05) is 23.3 Å². The van der Waals surface area contributed by atoms with E-state index in [0.29, 0.717) is 6.04 Å². The molecule has 2 aromatic heterocycles. The summed E-state index contributed by atoms with van der Waals surface area (Å²) in [6.45, 7) is 4.41. The van der Waals surface area contributed by atoms with Gasteiger partial charge in [-0.2, -0.15) is 5.10 Å². The van der Waals surface area contributed by atoms with E-state index in [2.05, 4.69) is 57.0 Å². The lowest BCUT2D eigenvalue weighted by Gasteiger charge is -2.16. The van der Waals surface area contributed by atoms with Crippen LogP contribution in [0.4, 0.5) is 0 Å². The topological polar surface area (TPSA) is 42.7 Å². The van der Waals surface area contributed by atoms with E-state index in [1.54, 1.807) is 0 Å². The van der Waals surface area contributed by atoms with Gasteiger partial charge in [0.1, 0.15) is 0 Å². The van der Waals surface area contributed by atoms with Crippen molar-refractivity contribution in [2.24, 2.45) is 0 Å². The summed E-state index contributed by atoms with van der Waals surface area (Å²) in [5.74, 6) is 0. The average molecular weight is 351 g/mol. The van der Waals surface area contributed by atoms with Crippen LogP contribution in [0, 0.1) is 0 Å². The normalized spacial score (nSPS) is 12.8. The predicted octanol–water partition coefficient (Wildman–Crippen LogP) is 3.90. The molecule has 0 spiro atoms. The van der Waals surface area contributed by atoms with Crippen molar-refractivity contribution in [3.63, 3.8) is 0 Å². The van der Waals surface area contributed by atoms with Crippen molar-refractivity contribution in [2.75, 3.05) is 7.05 Å². The van der Waals surface area contributed by atoms with Gasteiger partial charge in [0.05, 0.1) is 23.5 Å². The van der Waals surface area contributed by atoms with Crippen molar-refractivity contribution in [3.05, 3.63) is 46.5 Å². The first kappa shape index (κ1) is 16.2. The number of nitrogens with zero attached hydrogens (tertiary/aromatic N) is 3. The maximum absolute atomic E-state index is 4.73. The number of hydrogen-bond donors (Lipinski definition) is 1. The summed E-state index contributed by atoms with van der Waals surface area (Å²) >= 11 is 3.57. The highest BCUT2D eigenvalue weighted by Gasteiger charge is 2.16. The molecule has 1 N–H and O–H groups in total. The maximum Gasteiger partial charge on any atom is 0.0718 e. The first-order valence-corrected chi connectivity index (χ1v) is 8.30. The molecule has 0 amide bonds. The van der Waals surface area contributed by atoms with Crippen LogP contribution in [-0.2, 0) is 6.42 Å². The number of halogens is 1. The quantitative estimate of drug-likeness (QED) is 0.823. The molecular formula is C16H23BrN4. The molecule has 0 aliphatic rings. The lowest BCUT2D eigenvalue weighted by atomic mass is 10.1. The van der Waals surface area contributed by atoms with Crippen molar-refractivity contribution in [1.82, 2.24) is 20.1 Å². The van der Waals surface area contributed by atoms with Gasteiger partial charge in [0.15, 0.2) is 0 Å². The van der Waals surface area contributed by atoms with E-state index in [1.165, 1.54) is 0 Å². The molecule has 4 nitrogen and oxygen atoms in total. The number of pyridine rings is 1. The molecule has 0 aliphatic heterocycles. The van der Waals surface area contributed by atoms with Crippen LogP contribution in [-0.4, -0.2) is 21.8 Å². The molecule has 21 heavy (non-hydrogen) atoms. The first-order chi connectivity index (χ1) is 10.2. The van der Waals surface area contributed by atoms with Gasteiger partial charge in [-0.25, -0.2) is 0 Å². The molecule has 1 atom stereocenters. The molecule has 114 valence electrons. The van der Waals surface area contributed by atoms with Gasteiger partial charge in [-0.3, -0.25) is 9.67 Å². The summed E-state index contributed by atoms with van der Waals surface area (Å²) < 4.78 is 3.12. The second-order valence-corrected chi connectivity index (χ2v) is 6.03. The standard InChI is InChI=1S/C16H23BrN4/c1-4-13(5-2)21-10-8-12(20-21)11-15(18-3)16-14(17)7-6-9-19-16/h6-10,13,15,18H,4-5,11H2,1-3H3. The van der Waals surface area contributed by atoms with Gasteiger partial charge in [-0.05, 0) is 54.0 Å². The minimum Gasteiger partial charge on any atom is -0.311 e. The lowest BCUT2D eigenvalue weighted by Crippen LogP contribution is -2.21. The van der Waals surface area contributed by atoms with Crippen LogP contribution >= 0.6 is 15.9 Å². The molecule has 2 aromatic rings. The zero-order valence-corrected chi connectivity index (χ0v) is 14.5. The predicted molar refractivity (Wildman–Crippen MR) is 89.3 cm³/mol. The third kappa shape index (κ3) is 3.92. The van der Waals surface area contributed by atoms with E-state index in [1.807, 2.05) is 25.4 Å². The van der Waals surface area contributed by atoms with Crippen molar-refractivity contribution in [3.8, 4) is 0 Å². The number of nitrogens with one attached hydrogen (secondary N) is 1. The maximum atomic E-state index is 4.73. The van der Waals surface area contributed by atoms with E-state index >= 15 is 0 Å². The van der Waals surface area contributed by atoms with Crippen LogP contribution in [0.1, 0.15) is 50.2 Å². The van der Waals surface area contributed by atoms with E-state index < -0.39 is 0 Å². The molecule has 1 unspecified atom stereocenters. The highest BCUT2D eigenvalue weighted by Crippen LogP contribution is 2.24. The molecule has 0 saturated carbocycles. The van der Waals surface area contributed by atoms with Gasteiger partial charge in [-0.1, -0.05) is 13.8 Å². The summed E-state index contributed by atoms with van der Waals surface area (Å²) in [4.78, 5) is 4.48. The minimum atomic E-state index is 0.158. The molecule has 0 fully saturated rings. The zero-order chi connectivity index (χ0) is 15.2. The van der Waals surface area contributed by atoms with Crippen molar-refractivity contribution in [2.45, 2.75) is 45.2 Å². The van der Waals surface area contributed by atoms with Crippen molar-refractivity contribution in [1.29, 1.82) is 0 Å². The Morgan fingerprint density at radius 3 is 2.67 bits per heavy atom. The first-order valence-electron chi connectivity index (χ1n) is 7.51. The zero-order valence-electron chi connectivity index (χ0n) is 12.9. The number of rotatable bonds is 7. The molecule has 0 bridgehead atoms. The summed E-state index contributed by atoms with van der Waals surface area (Å²) in [6, 6.07) is 6.72. The van der Waals surface area contributed by atoms with Gasteiger partial charge in [0.25, 0.3) is 0 Å². The van der Waals surface area contributed by atoms with Crippen LogP contribution in [0.25, 0.3) is 0 Å². The number of hydrogen-bond acceptors (Lipinski definition) is 3. The van der Waals surface area contributed by atoms with E-state index in [9.17, 15) is 0 Å². The average Bonchev–Trinajstić information content (AvgIpc) is 2.95. The monoisotopic (exact) mass is 350 g/mol. The Hall–Kier alpha value is -1.20. The van der Waals surface area contributed by atoms with E-state index in [0.717, 1.165) is 35.1 Å². The Morgan fingerprint density at radius 2 is 2.05 bits per heavy atom. The summed E-state index contributed by atoms with van der Waals surface area (Å²) in [5.41, 5.74) is 2.12. The third-order valence-electron chi connectivity index (χ3n) is 3.86. The molecule has 2 heterocycles. The van der Waals surface area contributed by atoms with Crippen LogP contribution in [0.5, 0.6) is 0 Å². The molecule has 2 rings (SSSR count). The minimum absolute atomic E-state index is 0.158. The van der Waals surface area contributed by atoms with Gasteiger partial charge < -0.3 is 5.32 Å². The second-order valence-electron chi connectivity index (χ2n) is 5.17. The fourth-order valence-electron chi connectivity index (χ4n) is 2.55.